The van der Waals surface area contributed by atoms with E-state index in [4.69, 9.17) is 0 Å². The molecule has 3 atom stereocenters. The van der Waals surface area contributed by atoms with Crippen LogP contribution in [0.1, 0.15) is 51.4 Å². The molecule has 3 aliphatic rings. The van der Waals surface area contributed by atoms with E-state index in [0.29, 0.717) is 17.7 Å². The van der Waals surface area contributed by atoms with Crippen LogP contribution in [0, 0.1) is 17.8 Å². The Morgan fingerprint density at radius 3 is 2.33 bits per heavy atom. The topological polar surface area (TPSA) is 40.5 Å². The molecule has 2 aliphatic carbocycles. The molecule has 3 unspecified atom stereocenters. The molecule has 3 fully saturated rings. The van der Waals surface area contributed by atoms with Gasteiger partial charge in [0, 0.05) is 24.9 Å². The van der Waals surface area contributed by atoms with Gasteiger partial charge in [-0.1, -0.05) is 25.7 Å². The minimum absolute atomic E-state index is 0.151. The highest BCUT2D eigenvalue weighted by Crippen LogP contribution is 2.39. The molecule has 1 saturated heterocycles. The molecular weight excluding hydrogens is 226 g/mol. The van der Waals surface area contributed by atoms with Crippen molar-refractivity contribution in [2.45, 2.75) is 57.5 Å². The number of rotatable bonds is 1. The zero-order valence-corrected chi connectivity index (χ0v) is 11.2. The quantitative estimate of drug-likeness (QED) is 0.726. The molecule has 3 heteroatoms. The van der Waals surface area contributed by atoms with Gasteiger partial charge in [-0.25, -0.2) is 0 Å². The lowest BCUT2D eigenvalue weighted by Crippen LogP contribution is -2.35. The maximum absolute atomic E-state index is 12.5. The average molecular weight is 251 g/mol. The van der Waals surface area contributed by atoms with Crippen LogP contribution in [-0.4, -0.2) is 35.1 Å². The van der Waals surface area contributed by atoms with E-state index < -0.39 is 0 Å². The first-order chi connectivity index (χ1) is 8.75. The number of carbonyl (C=O) groups is 1. The third-order valence-electron chi connectivity index (χ3n) is 5.34. The van der Waals surface area contributed by atoms with Gasteiger partial charge in [0.1, 0.15) is 0 Å². The van der Waals surface area contributed by atoms with Crippen molar-refractivity contribution < 1.29 is 9.90 Å². The monoisotopic (exact) mass is 251 g/mol. The minimum atomic E-state index is -0.151. The van der Waals surface area contributed by atoms with E-state index in [-0.39, 0.29) is 12.0 Å². The van der Waals surface area contributed by atoms with Gasteiger partial charge in [0.2, 0.25) is 5.91 Å². The first-order valence-electron chi connectivity index (χ1n) is 7.72. The van der Waals surface area contributed by atoms with E-state index in [1.165, 1.54) is 25.7 Å². The molecule has 102 valence electrons. The van der Waals surface area contributed by atoms with Crippen molar-refractivity contribution in [2.24, 2.45) is 17.8 Å². The molecule has 1 aliphatic heterocycles. The lowest BCUT2D eigenvalue weighted by Gasteiger charge is -2.23. The van der Waals surface area contributed by atoms with Crippen molar-refractivity contribution in [1.82, 2.24) is 4.90 Å². The summed E-state index contributed by atoms with van der Waals surface area (Å²) in [5.41, 5.74) is 0. The number of carbonyl (C=O) groups excluding carboxylic acids is 1. The molecule has 3 rings (SSSR count). The Hall–Kier alpha value is -0.570. The Morgan fingerprint density at radius 1 is 0.944 bits per heavy atom. The van der Waals surface area contributed by atoms with Gasteiger partial charge in [0.25, 0.3) is 0 Å². The maximum atomic E-state index is 12.5. The summed E-state index contributed by atoms with van der Waals surface area (Å²) in [7, 11) is 0. The van der Waals surface area contributed by atoms with Gasteiger partial charge in [-0.05, 0) is 31.6 Å². The second-order valence-electron chi connectivity index (χ2n) is 6.50. The van der Waals surface area contributed by atoms with E-state index in [1.54, 1.807) is 0 Å². The van der Waals surface area contributed by atoms with Crippen molar-refractivity contribution in [2.75, 3.05) is 13.1 Å². The highest BCUT2D eigenvalue weighted by molar-refractivity contribution is 5.79. The summed E-state index contributed by atoms with van der Waals surface area (Å²) >= 11 is 0. The number of aliphatic hydroxyl groups excluding tert-OH is 1. The van der Waals surface area contributed by atoms with E-state index in [9.17, 15) is 9.90 Å². The number of hydrogen-bond acceptors (Lipinski definition) is 2. The third-order valence-corrected chi connectivity index (χ3v) is 5.34. The zero-order valence-electron chi connectivity index (χ0n) is 11.2. The standard InChI is InChI=1S/C15H25NO2/c17-14-8-7-12-9-16(10-13(12)14)15(18)11-5-3-1-2-4-6-11/h11-14,17H,1-10H2. The van der Waals surface area contributed by atoms with Gasteiger partial charge in [0.15, 0.2) is 0 Å². The van der Waals surface area contributed by atoms with Crippen molar-refractivity contribution in [3.8, 4) is 0 Å². The summed E-state index contributed by atoms with van der Waals surface area (Å²) < 4.78 is 0. The smallest absolute Gasteiger partial charge is 0.225 e. The van der Waals surface area contributed by atoms with Crippen LogP contribution in [0.5, 0.6) is 0 Å². The van der Waals surface area contributed by atoms with Crippen molar-refractivity contribution in [3.05, 3.63) is 0 Å². The van der Waals surface area contributed by atoms with E-state index in [0.717, 1.165) is 38.8 Å². The molecule has 1 amide bonds. The molecule has 18 heavy (non-hydrogen) atoms. The highest BCUT2D eigenvalue weighted by atomic mass is 16.3. The summed E-state index contributed by atoms with van der Waals surface area (Å²) in [4.78, 5) is 14.6. The van der Waals surface area contributed by atoms with E-state index >= 15 is 0 Å². The molecule has 1 N–H and O–H groups in total. The van der Waals surface area contributed by atoms with Crippen molar-refractivity contribution in [3.63, 3.8) is 0 Å². The summed E-state index contributed by atoms with van der Waals surface area (Å²) in [5.74, 6) is 1.62. The number of aliphatic hydroxyl groups is 1. The Balaban J connectivity index is 1.60. The zero-order chi connectivity index (χ0) is 12.5. The number of hydrogen-bond donors (Lipinski definition) is 1. The molecule has 3 nitrogen and oxygen atoms in total. The van der Waals surface area contributed by atoms with Crippen LogP contribution < -0.4 is 0 Å². The van der Waals surface area contributed by atoms with Crippen LogP contribution >= 0.6 is 0 Å². The fraction of sp³-hybridized carbons (Fsp3) is 0.933. The van der Waals surface area contributed by atoms with Crippen LogP contribution in [0.3, 0.4) is 0 Å². The molecule has 1 heterocycles. The number of amides is 1. The Labute approximate surface area is 110 Å². The maximum Gasteiger partial charge on any atom is 0.225 e. The fourth-order valence-corrected chi connectivity index (χ4v) is 4.20. The van der Waals surface area contributed by atoms with E-state index in [1.807, 2.05) is 0 Å². The fourth-order valence-electron chi connectivity index (χ4n) is 4.20. The Morgan fingerprint density at radius 2 is 1.67 bits per heavy atom. The predicted octanol–water partition coefficient (Wildman–Crippen LogP) is 2.19. The Kier molecular flexibility index (Phi) is 3.60. The molecule has 0 aromatic heterocycles. The SMILES string of the molecule is O=C(C1CCCCCC1)N1CC2CCC(O)C2C1. The van der Waals surface area contributed by atoms with Gasteiger partial charge in [-0.2, -0.15) is 0 Å². The normalized spacial score (nSPS) is 37.6. The Bertz CT molecular complexity index is 310. The van der Waals surface area contributed by atoms with Crippen LogP contribution in [0.2, 0.25) is 0 Å². The molecule has 0 radical (unpaired) electrons. The van der Waals surface area contributed by atoms with Crippen LogP contribution in [0.4, 0.5) is 0 Å². The lowest BCUT2D eigenvalue weighted by atomic mass is 9.98. The number of nitrogens with zero attached hydrogens (tertiary/aromatic N) is 1. The molecule has 2 saturated carbocycles. The average Bonchev–Trinajstić information content (AvgIpc) is 2.81. The summed E-state index contributed by atoms with van der Waals surface area (Å²) in [6.07, 6.45) is 9.13. The summed E-state index contributed by atoms with van der Waals surface area (Å²) in [6.45, 7) is 1.73. The minimum Gasteiger partial charge on any atom is -0.393 e. The van der Waals surface area contributed by atoms with Gasteiger partial charge >= 0.3 is 0 Å². The van der Waals surface area contributed by atoms with Crippen LogP contribution in [0.15, 0.2) is 0 Å². The largest absolute Gasteiger partial charge is 0.393 e. The van der Waals surface area contributed by atoms with Gasteiger partial charge in [0.05, 0.1) is 6.10 Å². The second-order valence-corrected chi connectivity index (χ2v) is 6.50. The molecular formula is C15H25NO2. The predicted molar refractivity (Wildman–Crippen MR) is 70.0 cm³/mol. The molecule has 0 spiro atoms. The van der Waals surface area contributed by atoms with Crippen molar-refractivity contribution >= 4 is 5.91 Å². The van der Waals surface area contributed by atoms with E-state index in [2.05, 4.69) is 4.90 Å². The summed E-state index contributed by atoms with van der Waals surface area (Å²) in [5, 5.41) is 9.92. The van der Waals surface area contributed by atoms with Crippen LogP contribution in [0.25, 0.3) is 0 Å². The third kappa shape index (κ3) is 2.29. The first-order valence-corrected chi connectivity index (χ1v) is 7.72. The van der Waals surface area contributed by atoms with Crippen LogP contribution in [-0.2, 0) is 4.79 Å². The van der Waals surface area contributed by atoms with Gasteiger partial charge in [-0.15, -0.1) is 0 Å². The van der Waals surface area contributed by atoms with Gasteiger partial charge in [-0.3, -0.25) is 4.79 Å². The first kappa shape index (κ1) is 12.5. The highest BCUT2D eigenvalue weighted by Gasteiger charge is 2.44. The number of fused-ring (bicyclic) bond motifs is 1. The molecule has 0 bridgehead atoms. The second kappa shape index (κ2) is 5.20. The van der Waals surface area contributed by atoms with Gasteiger partial charge < -0.3 is 10.0 Å². The van der Waals surface area contributed by atoms with Crippen molar-refractivity contribution in [1.29, 1.82) is 0 Å². The number of likely N-dealkylation sites (tertiary alicyclic amines) is 1. The molecule has 0 aromatic rings. The molecule has 0 aromatic carbocycles. The summed E-state index contributed by atoms with van der Waals surface area (Å²) in [6, 6.07) is 0. The lowest BCUT2D eigenvalue weighted by molar-refractivity contribution is -0.135.